The fourth-order valence-corrected chi connectivity index (χ4v) is 1.05. The third kappa shape index (κ3) is 11.4. The number of nitrogens with one attached hydrogen (secondary N) is 2. The number of amides is 2. The van der Waals surface area contributed by atoms with Crippen LogP contribution in [0, 0.1) is 7.05 Å². The first-order chi connectivity index (χ1) is 6.70. The Labute approximate surface area is 102 Å². The van der Waals surface area contributed by atoms with Crippen LogP contribution >= 0.6 is 0 Å². The molecular formula is C10H19CoN2O2-. The zero-order valence-corrected chi connectivity index (χ0v) is 10.1. The number of carbonyl (C=O) groups excluding carboxylic acids is 2. The molecule has 0 aromatic rings. The van der Waals surface area contributed by atoms with Crippen molar-refractivity contribution in [3.05, 3.63) is 7.05 Å². The molecule has 0 saturated heterocycles. The van der Waals surface area contributed by atoms with Gasteiger partial charge in [0, 0.05) is 23.3 Å². The van der Waals surface area contributed by atoms with Gasteiger partial charge in [-0.3, -0.25) is 16.6 Å². The molecule has 0 spiro atoms. The summed E-state index contributed by atoms with van der Waals surface area (Å²) in [7, 11) is 3.18. The van der Waals surface area contributed by atoms with Crippen molar-refractivity contribution in [3.63, 3.8) is 0 Å². The topological polar surface area (TPSA) is 58.2 Å². The third-order valence-corrected chi connectivity index (χ3v) is 1.87. The summed E-state index contributed by atoms with van der Waals surface area (Å²) in [6, 6.07) is 0. The van der Waals surface area contributed by atoms with Gasteiger partial charge in [-0.15, -0.1) is 0 Å². The first-order valence-corrected chi connectivity index (χ1v) is 5.03. The van der Waals surface area contributed by atoms with Gasteiger partial charge in [-0.25, -0.2) is 0 Å². The fraction of sp³-hybridized carbons (Fsp3) is 0.700. The van der Waals surface area contributed by atoms with Crippen LogP contribution in [0.2, 0.25) is 0 Å². The van der Waals surface area contributed by atoms with Crippen LogP contribution in [-0.2, 0) is 26.4 Å². The summed E-state index contributed by atoms with van der Waals surface area (Å²) in [6.45, 7) is 2.79. The van der Waals surface area contributed by atoms with Crippen molar-refractivity contribution in [2.45, 2.75) is 39.0 Å². The minimum absolute atomic E-state index is 0. The molecule has 0 unspecified atom stereocenters. The molecule has 0 aromatic carbocycles. The van der Waals surface area contributed by atoms with Crippen LogP contribution in [0.1, 0.15) is 39.0 Å². The molecular weight excluding hydrogens is 239 g/mol. The molecule has 0 aromatic heterocycles. The van der Waals surface area contributed by atoms with Crippen LogP contribution in [0.5, 0.6) is 0 Å². The Kier molecular flexibility index (Phi) is 13.0. The van der Waals surface area contributed by atoms with Crippen LogP contribution in [0.25, 0.3) is 0 Å². The van der Waals surface area contributed by atoms with E-state index in [9.17, 15) is 9.59 Å². The maximum atomic E-state index is 11.0. The second-order valence-corrected chi connectivity index (χ2v) is 3.19. The van der Waals surface area contributed by atoms with E-state index in [0.29, 0.717) is 6.54 Å². The van der Waals surface area contributed by atoms with Gasteiger partial charge in [0.2, 0.25) is 5.91 Å². The predicted molar refractivity (Wildman–Crippen MR) is 55.3 cm³/mol. The summed E-state index contributed by atoms with van der Waals surface area (Å²) >= 11 is 0. The van der Waals surface area contributed by atoms with Crippen molar-refractivity contribution in [1.29, 1.82) is 0 Å². The molecule has 91 valence electrons. The summed E-state index contributed by atoms with van der Waals surface area (Å²) in [5.74, 6) is -0.585. The van der Waals surface area contributed by atoms with Crippen molar-refractivity contribution in [3.8, 4) is 0 Å². The fourth-order valence-electron chi connectivity index (χ4n) is 1.05. The maximum absolute atomic E-state index is 11.0. The van der Waals surface area contributed by atoms with Crippen LogP contribution in [0.15, 0.2) is 0 Å². The Balaban J connectivity index is 0. The summed E-state index contributed by atoms with van der Waals surface area (Å²) in [5, 5.41) is 4.84. The van der Waals surface area contributed by atoms with Gasteiger partial charge in [-0.1, -0.05) is 26.2 Å². The molecule has 0 aliphatic heterocycles. The van der Waals surface area contributed by atoms with Crippen LogP contribution in [-0.4, -0.2) is 18.4 Å². The maximum Gasteiger partial charge on any atom is 0.229 e. The van der Waals surface area contributed by atoms with E-state index in [2.05, 4.69) is 24.6 Å². The van der Waals surface area contributed by atoms with Crippen molar-refractivity contribution < 1.29 is 26.4 Å². The normalized spacial score (nSPS) is 8.93. The van der Waals surface area contributed by atoms with Gasteiger partial charge in [0.05, 0.1) is 0 Å². The number of hydrogen-bond donors (Lipinski definition) is 2. The molecule has 0 fully saturated rings. The van der Waals surface area contributed by atoms with Crippen molar-refractivity contribution in [2.75, 3.05) is 6.54 Å². The van der Waals surface area contributed by atoms with Crippen LogP contribution < -0.4 is 10.6 Å². The SMILES string of the molecule is [CH2-]NC(=O)CC(=O)NCCCCCC.[Co]. The molecule has 0 atom stereocenters. The van der Waals surface area contributed by atoms with Crippen molar-refractivity contribution >= 4 is 11.8 Å². The largest absolute Gasteiger partial charge is 0.508 e. The quantitative estimate of drug-likeness (QED) is 0.406. The number of carbonyl (C=O) groups is 2. The van der Waals surface area contributed by atoms with E-state index in [0.717, 1.165) is 12.8 Å². The van der Waals surface area contributed by atoms with Crippen molar-refractivity contribution in [1.82, 2.24) is 10.6 Å². The number of unbranched alkanes of at least 4 members (excludes halogenated alkanes) is 3. The Morgan fingerprint density at radius 1 is 1.13 bits per heavy atom. The average molecular weight is 258 g/mol. The first-order valence-electron chi connectivity index (χ1n) is 5.03. The van der Waals surface area contributed by atoms with E-state index in [1.807, 2.05) is 0 Å². The second kappa shape index (κ2) is 11.5. The van der Waals surface area contributed by atoms with Crippen molar-refractivity contribution in [2.24, 2.45) is 0 Å². The average Bonchev–Trinajstić information content (AvgIpc) is 2.17. The molecule has 0 rings (SSSR count). The van der Waals surface area contributed by atoms with Gasteiger partial charge in [-0.2, -0.15) is 0 Å². The van der Waals surface area contributed by atoms with Crippen LogP contribution in [0.3, 0.4) is 0 Å². The monoisotopic (exact) mass is 258 g/mol. The van der Waals surface area contributed by atoms with Gasteiger partial charge < -0.3 is 10.6 Å². The van der Waals surface area contributed by atoms with Gasteiger partial charge in [0.15, 0.2) is 5.91 Å². The molecule has 0 heterocycles. The smallest absolute Gasteiger partial charge is 0.229 e. The Morgan fingerprint density at radius 3 is 2.33 bits per heavy atom. The Morgan fingerprint density at radius 2 is 1.80 bits per heavy atom. The summed E-state index contributed by atoms with van der Waals surface area (Å²) in [6.07, 6.45) is 4.34. The molecule has 2 amide bonds. The van der Waals surface area contributed by atoms with E-state index in [4.69, 9.17) is 0 Å². The van der Waals surface area contributed by atoms with E-state index in [1.165, 1.54) is 12.8 Å². The molecule has 0 aliphatic carbocycles. The summed E-state index contributed by atoms with van der Waals surface area (Å²) < 4.78 is 0. The molecule has 0 bridgehead atoms. The van der Waals surface area contributed by atoms with Gasteiger partial charge in [0.25, 0.3) is 0 Å². The van der Waals surface area contributed by atoms with Gasteiger partial charge >= 0.3 is 0 Å². The van der Waals surface area contributed by atoms with Gasteiger partial charge in [-0.05, 0) is 6.42 Å². The van der Waals surface area contributed by atoms with E-state index in [-0.39, 0.29) is 35.0 Å². The summed E-state index contributed by atoms with van der Waals surface area (Å²) in [5.41, 5.74) is 0. The molecule has 15 heavy (non-hydrogen) atoms. The standard InChI is InChI=1S/C10H19N2O2.Co/c1-3-4-5-6-7-12-10(14)8-9(13)11-2;/h2-8H2,1H3,(H,11,13)(H,12,14);/q-1;. The summed E-state index contributed by atoms with van der Waals surface area (Å²) in [4.78, 5) is 21.8. The molecule has 0 aliphatic rings. The van der Waals surface area contributed by atoms with Crippen LogP contribution in [0.4, 0.5) is 0 Å². The zero-order valence-electron chi connectivity index (χ0n) is 9.10. The Bertz CT molecular complexity index is 186. The minimum Gasteiger partial charge on any atom is -0.508 e. The van der Waals surface area contributed by atoms with E-state index >= 15 is 0 Å². The van der Waals surface area contributed by atoms with Gasteiger partial charge in [0.1, 0.15) is 6.42 Å². The molecule has 2 N–H and O–H groups in total. The third-order valence-electron chi connectivity index (χ3n) is 1.87. The number of rotatable bonds is 7. The first kappa shape index (κ1) is 16.9. The molecule has 5 heteroatoms. The number of hydrogen-bond acceptors (Lipinski definition) is 2. The molecule has 4 nitrogen and oxygen atoms in total. The second-order valence-electron chi connectivity index (χ2n) is 3.19. The molecule has 1 radical (unpaired) electrons. The molecule has 0 saturated carbocycles. The Hall–Kier alpha value is -0.554. The zero-order chi connectivity index (χ0) is 10.8. The minimum atomic E-state index is -0.351. The van der Waals surface area contributed by atoms with E-state index < -0.39 is 0 Å². The van der Waals surface area contributed by atoms with E-state index in [1.54, 1.807) is 0 Å². The predicted octanol–water partition coefficient (Wildman–Crippen LogP) is 0.978.